The van der Waals surface area contributed by atoms with E-state index in [1.165, 1.54) is 0 Å². The van der Waals surface area contributed by atoms with E-state index in [1.807, 2.05) is 0 Å². The summed E-state index contributed by atoms with van der Waals surface area (Å²) in [7, 11) is -29.3. The van der Waals surface area contributed by atoms with Gasteiger partial charge in [0.15, 0.2) is 0 Å². The van der Waals surface area contributed by atoms with Crippen LogP contribution in [-0.4, -0.2) is 34.3 Å². The Bertz CT molecular complexity index is 584. The summed E-state index contributed by atoms with van der Waals surface area (Å²) in [6.45, 7) is 0. The van der Waals surface area contributed by atoms with E-state index in [-0.39, 0.29) is 264 Å². The van der Waals surface area contributed by atoms with Gasteiger partial charge in [0.1, 0.15) is 0 Å². The molecular formula is H12K5O16P5. The summed E-state index contributed by atoms with van der Waals surface area (Å²) in [5.74, 6) is 0. The van der Waals surface area contributed by atoms with Gasteiger partial charge in [0.25, 0.3) is 0 Å². The van der Waals surface area contributed by atoms with Crippen molar-refractivity contribution < 1.29 is 338 Å². The molecule has 0 aliphatic heterocycles. The fourth-order valence-electron chi connectivity index (χ4n) is 0.574. The SMILES string of the molecule is O=P(O)(O)OP(=O)(O)OP(=O)(O)OP(=O)(O)OP(=O)(O)O.[H-].[H-].[H-].[H-].[H-].[K+].[K+].[K+].[K+].[K+]. The fraction of sp³-hybridized carbons (Fsp3) is 0. The standard InChI is InChI=1S/5K.H7O16P5.5H/c;;;;;1-17(2,3)13-19(7,8)15-21(11,12)16-20(9,10)14-18(4,5)6;;;;;/h;;;;;(H,7,8)(H,9,10)(H,11,12)(H2,1,2,3)(H2,4,5,6);;;;;/q5*+1;;5*-1. The quantitative estimate of drug-likeness (QED) is 0.0983. The molecule has 0 aromatic rings. The molecule has 0 saturated carbocycles. The fourth-order valence-corrected chi connectivity index (χ4v) is 5.97. The summed E-state index contributed by atoms with van der Waals surface area (Å²) in [4.78, 5) is 58.7. The summed E-state index contributed by atoms with van der Waals surface area (Å²) in [5.41, 5.74) is 0. The molecule has 0 aromatic heterocycles. The van der Waals surface area contributed by atoms with Crippen molar-refractivity contribution in [3.63, 3.8) is 0 Å². The second-order valence-electron chi connectivity index (χ2n) is 2.71. The van der Waals surface area contributed by atoms with Gasteiger partial charge in [0.2, 0.25) is 0 Å². The van der Waals surface area contributed by atoms with Crippen molar-refractivity contribution in [2.45, 2.75) is 0 Å². The molecule has 2 atom stereocenters. The molecule has 0 bridgehead atoms. The maximum atomic E-state index is 11.0. The zero-order chi connectivity index (χ0) is 17.3. The predicted molar refractivity (Wildman–Crippen MR) is 63.5 cm³/mol. The van der Waals surface area contributed by atoms with E-state index >= 15 is 0 Å². The topological polar surface area (TPSA) is 264 Å². The van der Waals surface area contributed by atoms with Gasteiger partial charge in [-0.3, -0.25) is 0 Å². The Morgan fingerprint density at radius 2 is 0.577 bits per heavy atom. The molecule has 0 radical (unpaired) electrons. The monoisotopic (exact) mass is 618 g/mol. The number of phosphoric acid groups is 5. The molecule has 0 heterocycles. The number of rotatable bonds is 8. The maximum Gasteiger partial charge on any atom is 1.00 e. The zero-order valence-electron chi connectivity index (χ0n) is 19.0. The molecule has 0 rings (SSSR count). The van der Waals surface area contributed by atoms with Crippen molar-refractivity contribution in [2.24, 2.45) is 0 Å². The first-order valence-electron chi connectivity index (χ1n) is 3.77. The van der Waals surface area contributed by atoms with Crippen LogP contribution in [0.5, 0.6) is 0 Å². The van der Waals surface area contributed by atoms with Crippen LogP contribution in [0, 0.1) is 0 Å². The molecule has 26 heteroatoms. The first-order valence-corrected chi connectivity index (χ1v) is 11.3. The van der Waals surface area contributed by atoms with E-state index in [1.54, 1.807) is 0 Å². The number of hydrogen-bond donors (Lipinski definition) is 7. The van der Waals surface area contributed by atoms with Crippen LogP contribution in [-0.2, 0) is 40.1 Å². The third-order valence-corrected chi connectivity index (χ3v) is 7.49. The summed E-state index contributed by atoms with van der Waals surface area (Å²) < 4.78 is 65.6. The average Bonchev–Trinajstić information content (AvgIpc) is 1.83. The first-order chi connectivity index (χ1) is 8.83. The maximum absolute atomic E-state index is 11.0. The Kier molecular flexibility index (Phi) is 36.8. The van der Waals surface area contributed by atoms with Crippen LogP contribution in [0.2, 0.25) is 0 Å². The summed E-state index contributed by atoms with van der Waals surface area (Å²) in [6.07, 6.45) is 0. The van der Waals surface area contributed by atoms with E-state index in [0.717, 1.165) is 0 Å². The van der Waals surface area contributed by atoms with Crippen LogP contribution in [0.4, 0.5) is 0 Å². The van der Waals surface area contributed by atoms with Gasteiger partial charge in [-0.25, -0.2) is 22.8 Å². The normalized spacial score (nSPS) is 17.8. The predicted octanol–water partition coefficient (Wildman–Crippen LogP) is -14.9. The third-order valence-electron chi connectivity index (χ3n) is 0.832. The molecule has 2 unspecified atom stereocenters. The van der Waals surface area contributed by atoms with Crippen LogP contribution in [0.15, 0.2) is 0 Å². The molecule has 0 fully saturated rings. The summed E-state index contributed by atoms with van der Waals surface area (Å²) in [5, 5.41) is 0. The molecule has 0 spiro atoms. The van der Waals surface area contributed by atoms with Crippen molar-refractivity contribution >= 4 is 39.1 Å². The molecular weight excluding hydrogens is 606 g/mol. The molecule has 7 N–H and O–H groups in total. The van der Waals surface area contributed by atoms with Crippen LogP contribution in [0.1, 0.15) is 7.13 Å². The third kappa shape index (κ3) is 30.9. The number of hydrogen-bond acceptors (Lipinski definition) is 9. The van der Waals surface area contributed by atoms with Crippen LogP contribution >= 0.6 is 39.1 Å². The Morgan fingerprint density at radius 1 is 0.423 bits per heavy atom. The molecule has 0 amide bonds. The van der Waals surface area contributed by atoms with Gasteiger partial charge in [0.05, 0.1) is 0 Å². The Labute approximate surface area is 366 Å². The van der Waals surface area contributed by atoms with Gasteiger partial charge >= 0.3 is 296 Å². The zero-order valence-corrected chi connectivity index (χ0v) is 34.1. The van der Waals surface area contributed by atoms with Crippen LogP contribution in [0.25, 0.3) is 0 Å². The van der Waals surface area contributed by atoms with Crippen molar-refractivity contribution in [1.82, 2.24) is 0 Å². The molecule has 16 nitrogen and oxygen atoms in total. The van der Waals surface area contributed by atoms with Gasteiger partial charge < -0.3 is 41.4 Å². The van der Waals surface area contributed by atoms with Crippen LogP contribution in [0.3, 0.4) is 0 Å². The Hall–Kier alpha value is 8.89. The molecule has 138 valence electrons. The molecule has 26 heavy (non-hydrogen) atoms. The van der Waals surface area contributed by atoms with Crippen molar-refractivity contribution in [3.05, 3.63) is 0 Å². The van der Waals surface area contributed by atoms with Gasteiger partial charge in [-0.2, -0.15) is 17.2 Å². The first kappa shape index (κ1) is 48.0. The molecule has 0 saturated heterocycles. The van der Waals surface area contributed by atoms with E-state index < -0.39 is 39.1 Å². The van der Waals surface area contributed by atoms with Gasteiger partial charge in [-0.15, -0.1) is 0 Å². The molecule has 0 aliphatic carbocycles. The minimum absolute atomic E-state index is 0. The van der Waals surface area contributed by atoms with E-state index in [4.69, 9.17) is 34.3 Å². The Morgan fingerprint density at radius 3 is 0.731 bits per heavy atom. The van der Waals surface area contributed by atoms with Crippen LogP contribution < -0.4 is 257 Å². The van der Waals surface area contributed by atoms with E-state index in [0.29, 0.717) is 0 Å². The Balaban J connectivity index is -0.0000000444. The largest absolute Gasteiger partial charge is 1.00 e. The van der Waals surface area contributed by atoms with Crippen molar-refractivity contribution in [3.8, 4) is 0 Å². The smallest absolute Gasteiger partial charge is 1.00 e. The summed E-state index contributed by atoms with van der Waals surface area (Å²) >= 11 is 0. The minimum Gasteiger partial charge on any atom is -1.00 e. The molecule has 0 aromatic carbocycles. The van der Waals surface area contributed by atoms with Crippen molar-refractivity contribution in [2.75, 3.05) is 0 Å². The second-order valence-corrected chi connectivity index (χ2v) is 10.1. The van der Waals surface area contributed by atoms with Gasteiger partial charge in [-0.05, 0) is 0 Å². The summed E-state index contributed by atoms with van der Waals surface area (Å²) in [6, 6.07) is 0. The molecule has 0 aliphatic rings. The second kappa shape index (κ2) is 19.9. The minimum atomic E-state index is -6.07. The van der Waals surface area contributed by atoms with Crippen molar-refractivity contribution in [1.29, 1.82) is 0 Å². The van der Waals surface area contributed by atoms with Gasteiger partial charge in [-0.1, -0.05) is 0 Å². The van der Waals surface area contributed by atoms with E-state index in [9.17, 15) is 22.8 Å². The average molecular weight is 618 g/mol. The van der Waals surface area contributed by atoms with Gasteiger partial charge in [0, 0.05) is 0 Å². The van der Waals surface area contributed by atoms with E-state index in [2.05, 4.69) is 17.2 Å².